The van der Waals surface area contributed by atoms with Gasteiger partial charge in [-0.3, -0.25) is 30.7 Å². The number of thiazole rings is 3. The first-order valence-electron chi connectivity index (χ1n) is 17.9. The molecule has 3 aromatic heterocycles. The second-order valence-corrected chi connectivity index (χ2v) is 14.5. The molecule has 0 atom stereocenters. The number of nitrogens with zero attached hydrogens (tertiary/aromatic N) is 6. The van der Waals surface area contributed by atoms with Crippen molar-refractivity contribution < 1.29 is 39.7 Å². The smallest absolute Gasteiger partial charge is 0.343 e. The van der Waals surface area contributed by atoms with Crippen LogP contribution in [-0.2, 0) is 34.0 Å². The number of benzene rings is 3. The Morgan fingerprint density at radius 3 is 0.871 bits per heavy atom. The van der Waals surface area contributed by atoms with Gasteiger partial charge in [0.25, 0.3) is 0 Å². The van der Waals surface area contributed by atoms with E-state index in [2.05, 4.69) is 47.2 Å². The highest BCUT2D eigenvalue weighted by Gasteiger charge is 2.21. The van der Waals surface area contributed by atoms with Crippen LogP contribution in [0.1, 0.15) is 37.5 Å². The Kier molecular flexibility index (Phi) is 22.5. The lowest BCUT2D eigenvalue weighted by atomic mass is 10.2. The minimum atomic E-state index is -0.431. The molecule has 0 radical (unpaired) electrons. The van der Waals surface area contributed by atoms with Gasteiger partial charge in [0.1, 0.15) is 0 Å². The van der Waals surface area contributed by atoms with Crippen molar-refractivity contribution in [2.45, 2.75) is 40.4 Å². The minimum Gasteiger partial charge on any atom is -0.412 e. The number of carbonyl (C=O) groups excluding carboxylic acids is 6. The van der Waals surface area contributed by atoms with Crippen molar-refractivity contribution in [3.05, 3.63) is 142 Å². The normalized spacial score (nSPS) is 9.53. The highest BCUT2D eigenvalue weighted by molar-refractivity contribution is 7.14. The van der Waals surface area contributed by atoms with E-state index in [-0.39, 0.29) is 28.7 Å². The summed E-state index contributed by atoms with van der Waals surface area (Å²) in [5.41, 5.74) is 10.3. The van der Waals surface area contributed by atoms with Gasteiger partial charge in [0.05, 0.1) is 0 Å². The van der Waals surface area contributed by atoms with Crippen LogP contribution in [0.25, 0.3) is 0 Å². The van der Waals surface area contributed by atoms with Crippen LogP contribution in [0.15, 0.2) is 126 Å². The van der Waals surface area contributed by atoms with Crippen LogP contribution in [0.4, 0.5) is 29.8 Å². The highest BCUT2D eigenvalue weighted by atomic mass is 32.1. The van der Waals surface area contributed by atoms with E-state index >= 15 is 0 Å². The van der Waals surface area contributed by atoms with Gasteiger partial charge >= 0.3 is 18.1 Å². The van der Waals surface area contributed by atoms with Gasteiger partial charge in [0, 0.05) is 75.1 Å². The van der Waals surface area contributed by atoms with Gasteiger partial charge in [-0.1, -0.05) is 91.0 Å². The fourth-order valence-electron chi connectivity index (χ4n) is 4.57. The summed E-state index contributed by atoms with van der Waals surface area (Å²) in [5, 5.41) is 17.9. The van der Waals surface area contributed by atoms with Crippen LogP contribution in [0.3, 0.4) is 0 Å². The molecule has 23 heteroatoms. The first kappa shape index (κ1) is 50.8. The second kappa shape index (κ2) is 27.4. The standard InChI is InChI=1S/3C13H14N4O2S.2H2O/c3*1-10(18)16-17(13-14-7-8-20-13)12(19)15-9-11-5-3-2-4-6-11;;/h3*2-8H,9H2,1H3,(H,15,19)(H,16,18);2*1H2. The molecule has 0 saturated carbocycles. The summed E-state index contributed by atoms with van der Waals surface area (Å²) in [6.07, 6.45) is 4.71. The Balaban J connectivity index is 0.000000315. The third kappa shape index (κ3) is 17.9. The monoisotopic (exact) mass is 906 g/mol. The summed E-state index contributed by atoms with van der Waals surface area (Å²) in [5.74, 6) is -1.01. The topological polar surface area (TPSA) is 286 Å². The second-order valence-electron chi connectivity index (χ2n) is 11.9. The van der Waals surface area contributed by atoms with Crippen LogP contribution >= 0.6 is 34.0 Å². The Hall–Kier alpha value is -7.31. The molecule has 20 nitrogen and oxygen atoms in total. The molecule has 0 saturated heterocycles. The van der Waals surface area contributed by atoms with Crippen molar-refractivity contribution in [2.75, 3.05) is 15.0 Å². The van der Waals surface area contributed by atoms with E-state index in [4.69, 9.17) is 0 Å². The lowest BCUT2D eigenvalue weighted by Gasteiger charge is -2.20. The molecule has 0 aliphatic heterocycles. The van der Waals surface area contributed by atoms with Crippen molar-refractivity contribution in [3.8, 4) is 0 Å². The number of anilines is 3. The largest absolute Gasteiger partial charge is 0.412 e. The quantitative estimate of drug-likeness (QED) is 0.114. The summed E-state index contributed by atoms with van der Waals surface area (Å²) in [7, 11) is 0. The number of nitrogens with one attached hydrogen (secondary N) is 6. The lowest BCUT2D eigenvalue weighted by molar-refractivity contribution is -0.119. The molecule has 328 valence electrons. The molecular weight excluding hydrogens is 861 g/mol. The molecule has 6 rings (SSSR count). The van der Waals surface area contributed by atoms with E-state index < -0.39 is 18.1 Å². The number of hydrazine groups is 3. The van der Waals surface area contributed by atoms with Gasteiger partial charge in [-0.25, -0.2) is 29.3 Å². The van der Waals surface area contributed by atoms with Crippen molar-refractivity contribution in [1.82, 2.24) is 47.2 Å². The minimum absolute atomic E-state index is 0. The average Bonchev–Trinajstić information content (AvgIpc) is 4.09. The van der Waals surface area contributed by atoms with Gasteiger partial charge in [-0.15, -0.1) is 34.0 Å². The average molecular weight is 907 g/mol. The summed E-state index contributed by atoms with van der Waals surface area (Å²) in [6.45, 7) is 5.14. The molecule has 10 N–H and O–H groups in total. The van der Waals surface area contributed by atoms with E-state index in [0.29, 0.717) is 35.0 Å². The Morgan fingerprint density at radius 2 is 0.677 bits per heavy atom. The highest BCUT2D eigenvalue weighted by Crippen LogP contribution is 2.17. The van der Waals surface area contributed by atoms with Gasteiger partial charge in [0.2, 0.25) is 33.1 Å². The lowest BCUT2D eigenvalue weighted by Crippen LogP contribution is -2.50. The molecule has 9 amide bonds. The number of hydrogen-bond acceptors (Lipinski definition) is 12. The van der Waals surface area contributed by atoms with Gasteiger partial charge < -0.3 is 26.9 Å². The van der Waals surface area contributed by atoms with E-state index in [1.165, 1.54) is 54.8 Å². The van der Waals surface area contributed by atoms with E-state index in [9.17, 15) is 28.8 Å². The Bertz CT molecular complexity index is 1970. The van der Waals surface area contributed by atoms with Crippen molar-refractivity contribution in [1.29, 1.82) is 0 Å². The third-order valence-electron chi connectivity index (χ3n) is 7.11. The molecule has 0 aliphatic rings. The molecular formula is C39H46N12O8S3. The summed E-state index contributed by atoms with van der Waals surface area (Å²) < 4.78 is 0. The van der Waals surface area contributed by atoms with Crippen molar-refractivity contribution in [3.63, 3.8) is 0 Å². The molecule has 6 aromatic rings. The maximum Gasteiger partial charge on any atom is 0.343 e. The maximum absolute atomic E-state index is 12.1. The van der Waals surface area contributed by atoms with Crippen molar-refractivity contribution in [2.24, 2.45) is 0 Å². The Labute approximate surface area is 368 Å². The van der Waals surface area contributed by atoms with Crippen LogP contribution in [-0.4, -0.2) is 61.7 Å². The van der Waals surface area contributed by atoms with Crippen LogP contribution in [0.2, 0.25) is 0 Å². The van der Waals surface area contributed by atoms with Gasteiger partial charge in [-0.2, -0.15) is 15.0 Å². The predicted molar refractivity (Wildman–Crippen MR) is 238 cm³/mol. The van der Waals surface area contributed by atoms with Crippen LogP contribution in [0.5, 0.6) is 0 Å². The summed E-state index contributed by atoms with van der Waals surface area (Å²) in [4.78, 5) is 81.9. The summed E-state index contributed by atoms with van der Waals surface area (Å²) >= 11 is 3.79. The number of hydrogen-bond donors (Lipinski definition) is 6. The first-order chi connectivity index (χ1) is 29.0. The number of carbonyl (C=O) groups is 6. The van der Waals surface area contributed by atoms with Crippen LogP contribution < -0.4 is 47.3 Å². The van der Waals surface area contributed by atoms with E-state index in [1.807, 2.05) is 91.0 Å². The van der Waals surface area contributed by atoms with Crippen molar-refractivity contribution >= 4 is 85.2 Å². The molecule has 62 heavy (non-hydrogen) atoms. The fourth-order valence-corrected chi connectivity index (χ4v) is 6.36. The maximum atomic E-state index is 12.1. The molecule has 0 spiro atoms. The predicted octanol–water partition coefficient (Wildman–Crippen LogP) is 4.08. The third-order valence-corrected chi connectivity index (χ3v) is 9.38. The van der Waals surface area contributed by atoms with Gasteiger partial charge in [-0.05, 0) is 16.7 Å². The molecule has 3 aromatic carbocycles. The number of urea groups is 3. The fraction of sp³-hybridized carbons (Fsp3) is 0.154. The number of rotatable bonds is 9. The summed E-state index contributed by atoms with van der Waals surface area (Å²) in [6, 6.07) is 27.3. The number of amides is 9. The zero-order valence-corrected chi connectivity index (χ0v) is 36.1. The van der Waals surface area contributed by atoms with E-state index in [1.54, 1.807) is 34.7 Å². The first-order valence-corrected chi connectivity index (χ1v) is 20.5. The molecule has 0 unspecified atom stereocenters. The Morgan fingerprint density at radius 1 is 0.435 bits per heavy atom. The molecule has 0 fully saturated rings. The van der Waals surface area contributed by atoms with Crippen LogP contribution in [0, 0.1) is 0 Å². The molecule has 0 bridgehead atoms. The molecule has 3 heterocycles. The van der Waals surface area contributed by atoms with E-state index in [0.717, 1.165) is 31.7 Å². The zero-order chi connectivity index (χ0) is 43.1. The number of aromatic nitrogens is 3. The zero-order valence-electron chi connectivity index (χ0n) is 33.6. The molecule has 0 aliphatic carbocycles. The van der Waals surface area contributed by atoms with Gasteiger partial charge in [0.15, 0.2) is 0 Å². The SMILES string of the molecule is CC(=O)NN(C(=O)NCc1ccccc1)c1nccs1.CC(=O)NN(C(=O)NCc1ccccc1)c1nccs1.CC(=O)NN(C(=O)NCc1ccccc1)c1nccs1.O.O.